The Morgan fingerprint density at radius 3 is 2.24 bits per heavy atom. The number of methoxy groups -OCH3 is 1. The molecule has 0 aromatic heterocycles. The third-order valence-electron chi connectivity index (χ3n) is 6.52. The maximum atomic E-state index is 13.1. The lowest BCUT2D eigenvalue weighted by molar-refractivity contribution is -0.110. The van der Waals surface area contributed by atoms with E-state index in [4.69, 9.17) is 4.74 Å². The summed E-state index contributed by atoms with van der Waals surface area (Å²) in [6, 6.07) is 21.7. The van der Waals surface area contributed by atoms with E-state index in [-0.39, 0.29) is 11.8 Å². The fourth-order valence-electron chi connectivity index (χ4n) is 4.37. The van der Waals surface area contributed by atoms with Gasteiger partial charge in [-0.3, -0.25) is 9.59 Å². The van der Waals surface area contributed by atoms with Crippen molar-refractivity contribution in [1.29, 1.82) is 0 Å². The van der Waals surface area contributed by atoms with Crippen LogP contribution in [-0.4, -0.2) is 56.0 Å². The maximum Gasteiger partial charge on any atom is 0.337 e. The Bertz CT molecular complexity index is 1350. The van der Waals surface area contributed by atoms with E-state index in [9.17, 15) is 14.4 Å². The normalized spacial score (nSPS) is 13.5. The van der Waals surface area contributed by atoms with Gasteiger partial charge in [-0.25, -0.2) is 4.79 Å². The van der Waals surface area contributed by atoms with Gasteiger partial charge in [0.15, 0.2) is 0 Å². The van der Waals surface area contributed by atoms with Gasteiger partial charge in [-0.1, -0.05) is 50.2 Å². The van der Waals surface area contributed by atoms with E-state index in [2.05, 4.69) is 34.7 Å². The topological polar surface area (TPSA) is 99.8 Å². The zero-order valence-electron chi connectivity index (χ0n) is 21.8. The molecule has 38 heavy (non-hydrogen) atoms. The molecule has 0 saturated carbocycles. The minimum atomic E-state index is -0.474. The minimum absolute atomic E-state index is 0.129. The zero-order chi connectivity index (χ0) is 27.1. The molecule has 0 saturated heterocycles. The number of carbonyl (C=O) groups excluding carboxylic acids is 3. The second-order valence-electron chi connectivity index (χ2n) is 8.81. The van der Waals surface area contributed by atoms with Crippen LogP contribution in [-0.2, 0) is 9.53 Å². The summed E-state index contributed by atoms with van der Waals surface area (Å²) in [5.74, 6) is -0.883. The van der Waals surface area contributed by atoms with Crippen molar-refractivity contribution in [3.05, 3.63) is 95.1 Å². The van der Waals surface area contributed by atoms with Crippen molar-refractivity contribution in [3.8, 4) is 0 Å². The number of ether oxygens (including phenoxy) is 1. The van der Waals surface area contributed by atoms with Crippen LogP contribution >= 0.6 is 0 Å². The second-order valence-corrected chi connectivity index (χ2v) is 8.81. The number of anilines is 2. The van der Waals surface area contributed by atoms with Crippen LogP contribution in [0.2, 0.25) is 0 Å². The van der Waals surface area contributed by atoms with Crippen molar-refractivity contribution in [2.24, 2.45) is 0 Å². The van der Waals surface area contributed by atoms with Crippen LogP contribution in [0.4, 0.5) is 11.4 Å². The molecule has 0 atom stereocenters. The number of carbonyl (C=O) groups is 3. The highest BCUT2D eigenvalue weighted by molar-refractivity contribution is 6.37. The van der Waals surface area contributed by atoms with E-state index in [1.807, 2.05) is 42.5 Å². The maximum absolute atomic E-state index is 13.1. The van der Waals surface area contributed by atoms with Crippen molar-refractivity contribution >= 4 is 40.4 Å². The summed E-state index contributed by atoms with van der Waals surface area (Å²) >= 11 is 0. The van der Waals surface area contributed by atoms with Crippen molar-refractivity contribution < 1.29 is 19.1 Å². The molecule has 8 nitrogen and oxygen atoms in total. The number of fused-ring (bicyclic) bond motifs is 1. The van der Waals surface area contributed by atoms with Crippen molar-refractivity contribution in [1.82, 2.24) is 10.2 Å². The third kappa shape index (κ3) is 5.92. The zero-order valence-corrected chi connectivity index (χ0v) is 21.8. The average Bonchev–Trinajstić information content (AvgIpc) is 3.28. The molecular formula is C30H32N4O4. The van der Waals surface area contributed by atoms with Crippen LogP contribution < -0.4 is 16.0 Å². The van der Waals surface area contributed by atoms with E-state index in [1.165, 1.54) is 7.11 Å². The Morgan fingerprint density at radius 1 is 0.895 bits per heavy atom. The Balaban J connectivity index is 1.60. The fraction of sp³-hybridized carbons (Fsp3) is 0.233. The summed E-state index contributed by atoms with van der Waals surface area (Å²) in [6.45, 7) is 7.47. The van der Waals surface area contributed by atoms with Gasteiger partial charge in [0.05, 0.1) is 29.6 Å². The van der Waals surface area contributed by atoms with E-state index in [0.717, 1.165) is 30.9 Å². The van der Waals surface area contributed by atoms with E-state index < -0.39 is 5.97 Å². The van der Waals surface area contributed by atoms with Gasteiger partial charge in [-0.15, -0.1) is 0 Å². The van der Waals surface area contributed by atoms with Gasteiger partial charge >= 0.3 is 5.97 Å². The molecule has 0 aliphatic carbocycles. The minimum Gasteiger partial charge on any atom is -0.465 e. The van der Waals surface area contributed by atoms with E-state index in [0.29, 0.717) is 40.2 Å². The number of amides is 2. The first-order valence-corrected chi connectivity index (χ1v) is 12.7. The van der Waals surface area contributed by atoms with Crippen LogP contribution in [0.25, 0.3) is 11.3 Å². The van der Waals surface area contributed by atoms with Crippen molar-refractivity contribution in [2.45, 2.75) is 13.8 Å². The highest BCUT2D eigenvalue weighted by atomic mass is 16.5. The van der Waals surface area contributed by atoms with Gasteiger partial charge in [0.25, 0.3) is 11.8 Å². The molecule has 2 amide bonds. The lowest BCUT2D eigenvalue weighted by atomic mass is 9.99. The molecule has 1 heterocycles. The molecule has 0 spiro atoms. The predicted octanol–water partition coefficient (Wildman–Crippen LogP) is 4.48. The smallest absolute Gasteiger partial charge is 0.337 e. The van der Waals surface area contributed by atoms with Gasteiger partial charge in [-0.05, 0) is 55.1 Å². The Morgan fingerprint density at radius 2 is 1.58 bits per heavy atom. The van der Waals surface area contributed by atoms with Crippen LogP contribution in [0.15, 0.2) is 72.8 Å². The number of rotatable bonds is 10. The number of likely N-dealkylation sites (N-methyl/N-ethyl adjacent to an activating group) is 1. The molecular weight excluding hydrogens is 480 g/mol. The number of nitrogens with zero attached hydrogens (tertiary/aromatic N) is 1. The molecule has 196 valence electrons. The second kappa shape index (κ2) is 12.2. The molecule has 0 bridgehead atoms. The SMILES string of the molecule is CCN(CC)CCNC(=O)c1ccc(N/C(=C2\C(=O)Nc3cc(C(=O)OC)ccc32)c2ccccc2)cc1. The molecule has 8 heteroatoms. The van der Waals surface area contributed by atoms with Crippen LogP contribution in [0.5, 0.6) is 0 Å². The number of hydrogen-bond donors (Lipinski definition) is 3. The first-order valence-electron chi connectivity index (χ1n) is 12.7. The number of hydrogen-bond acceptors (Lipinski definition) is 6. The lowest BCUT2D eigenvalue weighted by Gasteiger charge is -2.18. The van der Waals surface area contributed by atoms with Gasteiger partial charge in [0, 0.05) is 29.9 Å². The summed E-state index contributed by atoms with van der Waals surface area (Å²) in [4.78, 5) is 40.0. The van der Waals surface area contributed by atoms with Crippen LogP contribution in [0, 0.1) is 0 Å². The first kappa shape index (κ1) is 26.6. The largest absolute Gasteiger partial charge is 0.465 e. The predicted molar refractivity (Wildman–Crippen MR) is 150 cm³/mol. The molecule has 1 aliphatic rings. The fourth-order valence-corrected chi connectivity index (χ4v) is 4.37. The summed E-state index contributed by atoms with van der Waals surface area (Å²) in [5, 5.41) is 9.21. The van der Waals surface area contributed by atoms with Gasteiger partial charge in [0.1, 0.15) is 0 Å². The van der Waals surface area contributed by atoms with Crippen LogP contribution in [0.3, 0.4) is 0 Å². The molecule has 0 fully saturated rings. The summed E-state index contributed by atoms with van der Waals surface area (Å²) in [6.07, 6.45) is 0. The standard InChI is InChI=1S/C30H32N4O4/c1-4-34(5-2)18-17-31-28(35)21-11-14-23(15-12-21)32-27(20-9-7-6-8-10-20)26-24-16-13-22(30(37)38-3)19-25(24)33-29(26)36/h6-16,19,32H,4-5,17-18H2,1-3H3,(H,31,35)(H,33,36)/b27-26-. The summed E-state index contributed by atoms with van der Waals surface area (Å²) in [7, 11) is 1.32. The van der Waals surface area contributed by atoms with Crippen molar-refractivity contribution in [2.75, 3.05) is 43.9 Å². The monoisotopic (exact) mass is 512 g/mol. The van der Waals surface area contributed by atoms with Gasteiger partial charge in [-0.2, -0.15) is 0 Å². The molecule has 4 rings (SSSR count). The Hall–Kier alpha value is -4.43. The molecule has 0 unspecified atom stereocenters. The van der Waals surface area contributed by atoms with E-state index >= 15 is 0 Å². The number of benzene rings is 3. The first-order chi connectivity index (χ1) is 18.4. The quantitative estimate of drug-likeness (QED) is 0.274. The van der Waals surface area contributed by atoms with Crippen molar-refractivity contribution in [3.63, 3.8) is 0 Å². The molecule has 3 N–H and O–H groups in total. The Labute approximate surface area is 222 Å². The third-order valence-corrected chi connectivity index (χ3v) is 6.52. The highest BCUT2D eigenvalue weighted by Gasteiger charge is 2.29. The average molecular weight is 513 g/mol. The molecule has 0 radical (unpaired) electrons. The van der Waals surface area contributed by atoms with Gasteiger partial charge < -0.3 is 25.6 Å². The molecule has 3 aromatic carbocycles. The number of nitrogens with one attached hydrogen (secondary N) is 3. The van der Waals surface area contributed by atoms with Crippen LogP contribution in [0.1, 0.15) is 45.7 Å². The lowest BCUT2D eigenvalue weighted by Crippen LogP contribution is -2.34. The summed E-state index contributed by atoms with van der Waals surface area (Å²) in [5.41, 5.74) is 4.75. The van der Waals surface area contributed by atoms with Gasteiger partial charge in [0.2, 0.25) is 0 Å². The highest BCUT2D eigenvalue weighted by Crippen LogP contribution is 2.38. The number of esters is 1. The Kier molecular flexibility index (Phi) is 8.55. The molecule has 1 aliphatic heterocycles. The van der Waals surface area contributed by atoms with E-state index in [1.54, 1.807) is 30.3 Å². The molecule has 3 aromatic rings. The summed E-state index contributed by atoms with van der Waals surface area (Å²) < 4.78 is 4.81.